The zero-order valence-corrected chi connectivity index (χ0v) is 17.5. The lowest BCUT2D eigenvalue weighted by Gasteiger charge is -2.43. The fourth-order valence-electron chi connectivity index (χ4n) is 5.34. The first-order valence-corrected chi connectivity index (χ1v) is 10.9. The van der Waals surface area contributed by atoms with Gasteiger partial charge >= 0.3 is 0 Å². The van der Waals surface area contributed by atoms with Gasteiger partial charge in [0.05, 0.1) is 19.3 Å². The molecule has 148 valence electrons. The van der Waals surface area contributed by atoms with Crippen LogP contribution in [0, 0.1) is 17.6 Å². The number of hydrogen-bond acceptors (Lipinski definition) is 4. The van der Waals surface area contributed by atoms with Crippen LogP contribution in [0.5, 0.6) is 5.75 Å². The lowest BCUT2D eigenvalue weighted by Crippen LogP contribution is -2.47. The van der Waals surface area contributed by atoms with Crippen LogP contribution >= 0.6 is 12.2 Å². The number of methoxy groups -OCH3 is 1. The Morgan fingerprint density at radius 2 is 1.96 bits per heavy atom. The van der Waals surface area contributed by atoms with E-state index in [1.807, 2.05) is 10.7 Å². The largest absolute Gasteiger partial charge is 0.497 e. The Balaban J connectivity index is 1.58. The lowest BCUT2D eigenvalue weighted by molar-refractivity contribution is 0.0325. The summed E-state index contributed by atoms with van der Waals surface area (Å²) in [7, 11) is 1.70. The summed E-state index contributed by atoms with van der Waals surface area (Å²) in [4.78, 5) is 2.63. The van der Waals surface area contributed by atoms with Crippen molar-refractivity contribution in [3.63, 3.8) is 0 Å². The van der Waals surface area contributed by atoms with Gasteiger partial charge in [0.2, 0.25) is 4.77 Å². The average molecular weight is 397 g/mol. The van der Waals surface area contributed by atoms with Gasteiger partial charge in [0, 0.05) is 24.0 Å². The van der Waals surface area contributed by atoms with Gasteiger partial charge in [-0.1, -0.05) is 12.8 Å². The standard InChI is InChI=1S/C22H28N4OS/c1-15-12-21-23-25(14-24-11-5-7-16-6-3-4-8-19(16)24)22(28)26(21)20-13-17(27-2)9-10-18(15)20/h9-10,12-13,16,19H,3-8,11,14H2,1-2H3/t16-,19-/m1/s1. The molecule has 6 heteroatoms. The smallest absolute Gasteiger partial charge is 0.204 e. The SMILES string of the molecule is COc1ccc2c(C)cc3nn(CN4CCC[C@H]5CCCC[C@H]54)c(=S)n3c2c1. The van der Waals surface area contributed by atoms with Crippen LogP contribution in [-0.2, 0) is 6.67 Å². The molecule has 3 aromatic rings. The predicted octanol–water partition coefficient (Wildman–Crippen LogP) is 4.95. The van der Waals surface area contributed by atoms with Gasteiger partial charge in [0.15, 0.2) is 5.65 Å². The fourth-order valence-corrected chi connectivity index (χ4v) is 5.63. The van der Waals surface area contributed by atoms with Crippen molar-refractivity contribution < 1.29 is 4.74 Å². The molecule has 1 aliphatic carbocycles. The Morgan fingerprint density at radius 3 is 2.82 bits per heavy atom. The first-order valence-electron chi connectivity index (χ1n) is 10.5. The number of benzene rings is 1. The van der Waals surface area contributed by atoms with Crippen LogP contribution < -0.4 is 4.74 Å². The maximum absolute atomic E-state index is 5.89. The molecule has 5 rings (SSSR count). The molecule has 2 atom stereocenters. The number of hydrogen-bond donors (Lipinski definition) is 0. The van der Waals surface area contributed by atoms with E-state index in [2.05, 4.69) is 34.4 Å². The summed E-state index contributed by atoms with van der Waals surface area (Å²) in [5, 5.41) is 6.09. The first kappa shape index (κ1) is 18.1. The summed E-state index contributed by atoms with van der Waals surface area (Å²) in [6.45, 7) is 4.09. The van der Waals surface area contributed by atoms with Crippen molar-refractivity contribution in [3.8, 4) is 5.75 Å². The van der Waals surface area contributed by atoms with Gasteiger partial charge in [-0.3, -0.25) is 9.30 Å². The average Bonchev–Trinajstić information content (AvgIpc) is 3.03. The number of ether oxygens (including phenoxy) is 1. The second kappa shape index (κ2) is 7.16. The number of aromatic nitrogens is 3. The van der Waals surface area contributed by atoms with Crippen molar-refractivity contribution in [1.29, 1.82) is 0 Å². The third-order valence-corrected chi connectivity index (χ3v) is 7.15. The van der Waals surface area contributed by atoms with E-state index in [1.165, 1.54) is 49.5 Å². The number of fused-ring (bicyclic) bond motifs is 4. The van der Waals surface area contributed by atoms with Crippen molar-refractivity contribution in [3.05, 3.63) is 34.6 Å². The molecule has 2 aliphatic rings. The van der Waals surface area contributed by atoms with Crippen LogP contribution in [0.25, 0.3) is 16.6 Å². The molecule has 0 unspecified atom stereocenters. The molecule has 0 spiro atoms. The third-order valence-electron chi connectivity index (χ3n) is 6.75. The summed E-state index contributed by atoms with van der Waals surface area (Å²) < 4.78 is 10.4. The summed E-state index contributed by atoms with van der Waals surface area (Å²) >= 11 is 5.89. The number of rotatable bonds is 3. The van der Waals surface area contributed by atoms with Crippen molar-refractivity contribution in [2.24, 2.45) is 5.92 Å². The van der Waals surface area contributed by atoms with Gasteiger partial charge in [0.1, 0.15) is 5.75 Å². The van der Waals surface area contributed by atoms with Gasteiger partial charge in [-0.25, -0.2) is 4.68 Å². The highest BCUT2D eigenvalue weighted by molar-refractivity contribution is 7.71. The molecule has 28 heavy (non-hydrogen) atoms. The van der Waals surface area contributed by atoms with Gasteiger partial charge in [-0.05, 0) is 74.5 Å². The minimum absolute atomic E-state index is 0.702. The zero-order chi connectivity index (χ0) is 19.3. The quantitative estimate of drug-likeness (QED) is 0.587. The van der Waals surface area contributed by atoms with Crippen LogP contribution in [0.4, 0.5) is 0 Å². The number of nitrogens with zero attached hydrogens (tertiary/aromatic N) is 4. The molecule has 1 saturated carbocycles. The molecule has 0 bridgehead atoms. The Kier molecular flexibility index (Phi) is 4.63. The van der Waals surface area contributed by atoms with E-state index in [0.717, 1.165) is 40.8 Å². The number of piperidine rings is 1. The Hall–Kier alpha value is -1.92. The zero-order valence-electron chi connectivity index (χ0n) is 16.7. The van der Waals surface area contributed by atoms with E-state index in [-0.39, 0.29) is 0 Å². The molecule has 1 aromatic carbocycles. The summed E-state index contributed by atoms with van der Waals surface area (Å²) in [6, 6.07) is 9.02. The third kappa shape index (κ3) is 2.94. The van der Waals surface area contributed by atoms with E-state index in [1.54, 1.807) is 7.11 Å². The van der Waals surface area contributed by atoms with E-state index >= 15 is 0 Å². The molecule has 2 aromatic heterocycles. The molecular formula is C22H28N4OS. The minimum atomic E-state index is 0.702. The molecule has 3 heterocycles. The summed E-state index contributed by atoms with van der Waals surface area (Å²) in [5.74, 6) is 1.70. The molecule has 0 N–H and O–H groups in total. The fraction of sp³-hybridized carbons (Fsp3) is 0.545. The maximum atomic E-state index is 5.89. The van der Waals surface area contributed by atoms with Crippen molar-refractivity contribution in [1.82, 2.24) is 19.1 Å². The highest BCUT2D eigenvalue weighted by atomic mass is 32.1. The van der Waals surface area contributed by atoms with Gasteiger partial charge in [-0.15, -0.1) is 0 Å². The van der Waals surface area contributed by atoms with Crippen LogP contribution in [0.15, 0.2) is 24.3 Å². The molecule has 1 aliphatic heterocycles. The number of likely N-dealkylation sites (tertiary alicyclic amines) is 1. The molecule has 2 fully saturated rings. The minimum Gasteiger partial charge on any atom is -0.497 e. The number of pyridine rings is 1. The van der Waals surface area contributed by atoms with Crippen molar-refractivity contribution in [2.45, 2.75) is 58.2 Å². The second-order valence-corrected chi connectivity index (χ2v) is 8.76. The van der Waals surface area contributed by atoms with E-state index < -0.39 is 0 Å². The lowest BCUT2D eigenvalue weighted by atomic mass is 9.78. The normalized spacial score (nSPS) is 23.2. The molecular weight excluding hydrogens is 368 g/mol. The summed E-state index contributed by atoms with van der Waals surface area (Å²) in [6.07, 6.45) is 8.15. The topological polar surface area (TPSA) is 34.7 Å². The van der Waals surface area contributed by atoms with Crippen molar-refractivity contribution in [2.75, 3.05) is 13.7 Å². The monoisotopic (exact) mass is 396 g/mol. The molecule has 0 radical (unpaired) electrons. The van der Waals surface area contributed by atoms with Gasteiger partial charge < -0.3 is 4.74 Å². The Morgan fingerprint density at radius 1 is 1.14 bits per heavy atom. The predicted molar refractivity (Wildman–Crippen MR) is 114 cm³/mol. The Labute approximate surface area is 170 Å². The van der Waals surface area contributed by atoms with Crippen LogP contribution in [0.2, 0.25) is 0 Å². The van der Waals surface area contributed by atoms with Crippen molar-refractivity contribution >= 4 is 28.8 Å². The highest BCUT2D eigenvalue weighted by Crippen LogP contribution is 2.35. The molecule has 1 saturated heterocycles. The summed E-state index contributed by atoms with van der Waals surface area (Å²) in [5.41, 5.74) is 3.20. The van der Waals surface area contributed by atoms with Gasteiger partial charge in [-0.2, -0.15) is 5.10 Å². The van der Waals surface area contributed by atoms with Gasteiger partial charge in [0.25, 0.3) is 0 Å². The Bertz CT molecular complexity index is 1080. The maximum Gasteiger partial charge on any atom is 0.204 e. The van der Waals surface area contributed by atoms with Crippen LogP contribution in [-0.4, -0.2) is 38.8 Å². The number of aryl methyl sites for hydroxylation is 1. The van der Waals surface area contributed by atoms with E-state index in [0.29, 0.717) is 6.04 Å². The van der Waals surface area contributed by atoms with Crippen LogP contribution in [0.1, 0.15) is 44.1 Å². The van der Waals surface area contributed by atoms with Crippen LogP contribution in [0.3, 0.4) is 0 Å². The van der Waals surface area contributed by atoms with E-state index in [9.17, 15) is 0 Å². The molecule has 0 amide bonds. The second-order valence-electron chi connectivity index (χ2n) is 8.39. The van der Waals surface area contributed by atoms with E-state index in [4.69, 9.17) is 22.1 Å². The first-order chi connectivity index (χ1) is 13.7. The molecule has 5 nitrogen and oxygen atoms in total. The highest BCUT2D eigenvalue weighted by Gasteiger charge is 2.33.